The molecule has 4 aromatic rings. The van der Waals surface area contributed by atoms with Gasteiger partial charge in [0, 0.05) is 17.7 Å². The van der Waals surface area contributed by atoms with Crippen molar-refractivity contribution in [3.05, 3.63) is 94.0 Å². The predicted molar refractivity (Wildman–Crippen MR) is 142 cm³/mol. The molecule has 0 fully saturated rings. The van der Waals surface area contributed by atoms with Crippen molar-refractivity contribution in [1.29, 1.82) is 0 Å². The summed E-state index contributed by atoms with van der Waals surface area (Å²) in [7, 11) is 0. The Morgan fingerprint density at radius 2 is 1.69 bits per heavy atom. The van der Waals surface area contributed by atoms with Gasteiger partial charge in [0.25, 0.3) is 0 Å². The zero-order valence-corrected chi connectivity index (χ0v) is 21.1. The second-order valence-electron chi connectivity index (χ2n) is 9.00. The van der Waals surface area contributed by atoms with Crippen LogP contribution in [0.4, 0.5) is 5.69 Å². The van der Waals surface area contributed by atoms with E-state index in [-0.39, 0.29) is 11.7 Å². The standard InChI is InChI=1S/C29H27N3O2S/c1-17-10-11-24-22(14-17)15-23-28(34-24)31-27(21-8-6-5-7-9-21)32-29(23)35-16-25(33)30-26-19(3)12-18(2)13-20(26)4/h5-14H,15-16H2,1-4H3,(H,30,33). The third-order valence-electron chi connectivity index (χ3n) is 6.03. The van der Waals surface area contributed by atoms with Crippen molar-refractivity contribution in [2.75, 3.05) is 11.1 Å². The largest absolute Gasteiger partial charge is 0.438 e. The molecule has 0 spiro atoms. The van der Waals surface area contributed by atoms with E-state index >= 15 is 0 Å². The molecule has 5 rings (SSSR count). The summed E-state index contributed by atoms with van der Waals surface area (Å²) in [5, 5.41) is 3.86. The Morgan fingerprint density at radius 1 is 0.943 bits per heavy atom. The van der Waals surface area contributed by atoms with Crippen LogP contribution < -0.4 is 10.1 Å². The van der Waals surface area contributed by atoms with Gasteiger partial charge < -0.3 is 10.1 Å². The average molecular weight is 482 g/mol. The van der Waals surface area contributed by atoms with Crippen molar-refractivity contribution in [1.82, 2.24) is 9.97 Å². The maximum Gasteiger partial charge on any atom is 0.234 e. The quantitative estimate of drug-likeness (QED) is 0.221. The number of rotatable bonds is 5. The molecule has 0 saturated carbocycles. The first-order valence-corrected chi connectivity index (χ1v) is 12.6. The van der Waals surface area contributed by atoms with Crippen molar-refractivity contribution in [3.8, 4) is 23.0 Å². The van der Waals surface area contributed by atoms with Crippen LogP contribution in [0.2, 0.25) is 0 Å². The Balaban J connectivity index is 1.44. The van der Waals surface area contributed by atoms with Gasteiger partial charge in [-0.3, -0.25) is 4.79 Å². The van der Waals surface area contributed by atoms with E-state index < -0.39 is 0 Å². The van der Waals surface area contributed by atoms with Crippen molar-refractivity contribution in [2.24, 2.45) is 0 Å². The van der Waals surface area contributed by atoms with Crippen molar-refractivity contribution >= 4 is 23.4 Å². The van der Waals surface area contributed by atoms with E-state index in [0.29, 0.717) is 18.1 Å². The SMILES string of the molecule is Cc1cc(C)c(NC(=O)CSc2nc(-c3ccccc3)nc3c2Cc2cc(C)ccc2O3)c(C)c1. The van der Waals surface area contributed by atoms with Crippen LogP contribution in [0.15, 0.2) is 65.7 Å². The molecule has 1 N–H and O–H groups in total. The molecule has 0 unspecified atom stereocenters. The number of hydrogen-bond donors (Lipinski definition) is 1. The number of aromatic nitrogens is 2. The first kappa shape index (κ1) is 23.1. The van der Waals surface area contributed by atoms with Crippen molar-refractivity contribution in [2.45, 2.75) is 39.1 Å². The average Bonchev–Trinajstić information content (AvgIpc) is 2.84. The number of amides is 1. The first-order valence-electron chi connectivity index (χ1n) is 11.6. The number of carbonyl (C=O) groups excluding carboxylic acids is 1. The smallest absolute Gasteiger partial charge is 0.234 e. The summed E-state index contributed by atoms with van der Waals surface area (Å²) in [6.07, 6.45) is 0.668. The molecular weight excluding hydrogens is 454 g/mol. The molecule has 3 aromatic carbocycles. The van der Waals surface area contributed by atoms with Crippen LogP contribution >= 0.6 is 11.8 Å². The third-order valence-corrected chi connectivity index (χ3v) is 7.05. The lowest BCUT2D eigenvalue weighted by molar-refractivity contribution is -0.113. The van der Waals surface area contributed by atoms with Crippen molar-refractivity contribution < 1.29 is 9.53 Å². The van der Waals surface area contributed by atoms with E-state index in [2.05, 4.69) is 37.4 Å². The molecule has 0 aliphatic carbocycles. The summed E-state index contributed by atoms with van der Waals surface area (Å²) in [4.78, 5) is 22.5. The molecule has 1 aliphatic rings. The highest BCUT2D eigenvalue weighted by molar-refractivity contribution is 8.00. The number of ether oxygens (including phenoxy) is 1. The second kappa shape index (κ2) is 9.55. The number of thioether (sulfide) groups is 1. The van der Waals surface area contributed by atoms with Gasteiger partial charge in [-0.2, -0.15) is 4.98 Å². The number of fused-ring (bicyclic) bond motifs is 2. The molecule has 176 valence electrons. The van der Waals surface area contributed by atoms with E-state index in [4.69, 9.17) is 14.7 Å². The minimum atomic E-state index is -0.0633. The van der Waals surface area contributed by atoms with Crippen LogP contribution in [-0.4, -0.2) is 21.6 Å². The van der Waals surface area contributed by atoms with Gasteiger partial charge in [-0.1, -0.05) is 77.5 Å². The molecule has 1 aliphatic heterocycles. The zero-order chi connectivity index (χ0) is 24.5. The molecule has 1 aromatic heterocycles. The molecule has 0 atom stereocenters. The van der Waals surface area contributed by atoms with Crippen LogP contribution in [0.3, 0.4) is 0 Å². The highest BCUT2D eigenvalue weighted by atomic mass is 32.2. The van der Waals surface area contributed by atoms with E-state index in [1.165, 1.54) is 22.9 Å². The molecule has 2 heterocycles. The van der Waals surface area contributed by atoms with Gasteiger partial charge in [0.05, 0.1) is 11.3 Å². The van der Waals surface area contributed by atoms with Gasteiger partial charge in [-0.25, -0.2) is 4.98 Å². The van der Waals surface area contributed by atoms with Gasteiger partial charge >= 0.3 is 0 Å². The van der Waals surface area contributed by atoms with E-state index in [9.17, 15) is 4.79 Å². The summed E-state index contributed by atoms with van der Waals surface area (Å²) in [5.41, 5.74) is 8.29. The lowest BCUT2D eigenvalue weighted by Gasteiger charge is -2.22. The molecule has 1 amide bonds. The Morgan fingerprint density at radius 3 is 2.43 bits per heavy atom. The summed E-state index contributed by atoms with van der Waals surface area (Å²) >= 11 is 1.42. The minimum absolute atomic E-state index is 0.0633. The van der Waals surface area contributed by atoms with Gasteiger partial charge in [0.1, 0.15) is 10.8 Å². The van der Waals surface area contributed by atoms with Crippen LogP contribution in [0, 0.1) is 27.7 Å². The molecular formula is C29H27N3O2S. The van der Waals surface area contributed by atoms with Crippen molar-refractivity contribution in [3.63, 3.8) is 0 Å². The van der Waals surface area contributed by atoms with Gasteiger partial charge in [-0.15, -0.1) is 0 Å². The van der Waals surface area contributed by atoms with Crippen LogP contribution in [-0.2, 0) is 11.2 Å². The fourth-order valence-electron chi connectivity index (χ4n) is 4.44. The second-order valence-corrected chi connectivity index (χ2v) is 9.97. The maximum absolute atomic E-state index is 12.9. The molecule has 0 saturated heterocycles. The number of nitrogens with zero attached hydrogens (tertiary/aromatic N) is 2. The molecule has 0 radical (unpaired) electrons. The fraction of sp³-hybridized carbons (Fsp3) is 0.207. The number of anilines is 1. The number of benzene rings is 3. The molecule has 6 heteroatoms. The van der Waals surface area contributed by atoms with Crippen LogP contribution in [0.5, 0.6) is 11.6 Å². The Labute approximate surface area is 210 Å². The molecule has 5 nitrogen and oxygen atoms in total. The van der Waals surface area contributed by atoms with Crippen LogP contribution in [0.1, 0.15) is 33.4 Å². The third kappa shape index (κ3) is 4.93. The topological polar surface area (TPSA) is 64.1 Å². The fourth-order valence-corrected chi connectivity index (χ4v) is 5.27. The number of aryl methyl sites for hydroxylation is 4. The summed E-state index contributed by atoms with van der Waals surface area (Å²) in [6.45, 7) is 8.17. The van der Waals surface area contributed by atoms with Crippen LogP contribution in [0.25, 0.3) is 11.4 Å². The number of nitrogens with one attached hydrogen (secondary N) is 1. The van der Waals surface area contributed by atoms with Gasteiger partial charge in [-0.05, 0) is 50.5 Å². The zero-order valence-electron chi connectivity index (χ0n) is 20.3. The van der Waals surface area contributed by atoms with E-state index in [0.717, 1.165) is 44.3 Å². The number of carbonyl (C=O) groups is 1. The lowest BCUT2D eigenvalue weighted by atomic mass is 10.0. The summed E-state index contributed by atoms with van der Waals surface area (Å²) in [6, 6.07) is 20.2. The highest BCUT2D eigenvalue weighted by Crippen LogP contribution is 2.40. The summed E-state index contributed by atoms with van der Waals surface area (Å²) < 4.78 is 6.22. The Bertz CT molecular complexity index is 1410. The highest BCUT2D eigenvalue weighted by Gasteiger charge is 2.25. The predicted octanol–water partition coefficient (Wildman–Crippen LogP) is 6.80. The Hall–Kier alpha value is -3.64. The normalized spacial score (nSPS) is 11.9. The maximum atomic E-state index is 12.9. The summed E-state index contributed by atoms with van der Waals surface area (Å²) in [5.74, 6) is 2.15. The van der Waals surface area contributed by atoms with Gasteiger partial charge in [0.2, 0.25) is 11.8 Å². The Kier molecular flexibility index (Phi) is 6.31. The monoisotopic (exact) mass is 481 g/mol. The first-order chi connectivity index (χ1) is 16.9. The van der Waals surface area contributed by atoms with E-state index in [1.54, 1.807) is 0 Å². The molecule has 35 heavy (non-hydrogen) atoms. The van der Waals surface area contributed by atoms with Gasteiger partial charge in [0.15, 0.2) is 5.82 Å². The molecule has 0 bridgehead atoms. The van der Waals surface area contributed by atoms with E-state index in [1.807, 2.05) is 56.3 Å². The minimum Gasteiger partial charge on any atom is -0.438 e. The lowest BCUT2D eigenvalue weighted by Crippen LogP contribution is -2.17. The number of hydrogen-bond acceptors (Lipinski definition) is 5.